The van der Waals surface area contributed by atoms with Gasteiger partial charge in [0.15, 0.2) is 0 Å². The average Bonchev–Trinajstić information content (AvgIpc) is 3.74. The first-order chi connectivity index (χ1) is 32.1. The minimum absolute atomic E-state index is 0.0921. The van der Waals surface area contributed by atoms with Crippen molar-refractivity contribution in [3.63, 3.8) is 0 Å². The summed E-state index contributed by atoms with van der Waals surface area (Å²) in [5, 5.41) is 5.89. The topological polar surface area (TPSA) is 16.4 Å². The highest BCUT2D eigenvalue weighted by atomic mass is 16.3. The third-order valence-corrected chi connectivity index (χ3v) is 10.8. The fraction of sp³-hybridized carbons (Fsp3) is 0. The van der Waals surface area contributed by atoms with Crippen LogP contribution in [-0.2, 0) is 0 Å². The number of fused-ring (bicyclic) bond motifs is 6. The van der Waals surface area contributed by atoms with Gasteiger partial charge in [0.25, 0.3) is 0 Å². The maximum atomic E-state index is 9.75. The van der Waals surface area contributed by atoms with Crippen molar-refractivity contribution in [1.29, 1.82) is 0 Å². The molecule has 58 heavy (non-hydrogen) atoms. The lowest BCUT2D eigenvalue weighted by Crippen LogP contribution is -2.11. The third kappa shape index (κ3) is 5.91. The summed E-state index contributed by atoms with van der Waals surface area (Å²) in [6.45, 7) is 0. The molecule has 0 amide bonds. The summed E-state index contributed by atoms with van der Waals surface area (Å²) in [6, 6.07) is 52.6. The summed E-state index contributed by atoms with van der Waals surface area (Å²) < 4.78 is 82.9. The Morgan fingerprint density at radius 1 is 0.345 bits per heavy atom. The molecule has 2 heteroatoms. The summed E-state index contributed by atoms with van der Waals surface area (Å²) in [4.78, 5) is 1.38. The minimum Gasteiger partial charge on any atom is -0.455 e. The molecule has 0 aliphatic carbocycles. The zero-order valence-corrected chi connectivity index (χ0v) is 31.1. The van der Waals surface area contributed by atoms with Crippen molar-refractivity contribution in [3.05, 3.63) is 224 Å². The summed E-state index contributed by atoms with van der Waals surface area (Å²) in [5.41, 5.74) is 5.76. The van der Waals surface area contributed by atoms with E-state index in [4.69, 9.17) is 4.42 Å². The maximum absolute atomic E-state index is 9.75. The van der Waals surface area contributed by atoms with Gasteiger partial charge in [-0.2, -0.15) is 0 Å². The molecule has 1 aromatic heterocycles. The molecule has 10 aromatic carbocycles. The molecule has 272 valence electrons. The molecule has 1 heterocycles. The molecule has 0 unspecified atom stereocenters. The lowest BCUT2D eigenvalue weighted by molar-refractivity contribution is 0.672. The van der Waals surface area contributed by atoms with E-state index in [2.05, 4.69) is 0 Å². The van der Waals surface area contributed by atoms with E-state index >= 15 is 0 Å². The van der Waals surface area contributed by atoms with Gasteiger partial charge >= 0.3 is 0 Å². The first kappa shape index (κ1) is 26.2. The van der Waals surface area contributed by atoms with E-state index in [1.54, 1.807) is 42.5 Å². The van der Waals surface area contributed by atoms with Gasteiger partial charge in [0.1, 0.15) is 11.2 Å². The fourth-order valence-corrected chi connectivity index (χ4v) is 7.99. The second-order valence-corrected chi connectivity index (χ2v) is 14.2. The van der Waals surface area contributed by atoms with E-state index in [1.807, 2.05) is 133 Å². The maximum Gasteiger partial charge on any atom is 0.143 e. The van der Waals surface area contributed by atoms with Crippen molar-refractivity contribution in [2.45, 2.75) is 0 Å². The lowest BCUT2D eigenvalue weighted by atomic mass is 9.95. The molecule has 0 aliphatic rings. The lowest BCUT2D eigenvalue weighted by Gasteiger charge is -2.28. The van der Waals surface area contributed by atoms with Crippen molar-refractivity contribution in [2.24, 2.45) is 0 Å². The summed E-state index contributed by atoms with van der Waals surface area (Å²) in [6.07, 6.45) is 0. The predicted molar refractivity (Wildman–Crippen MR) is 245 cm³/mol. The van der Waals surface area contributed by atoms with Crippen LogP contribution in [0.5, 0.6) is 0 Å². The van der Waals surface area contributed by atoms with Crippen LogP contribution in [0.2, 0.25) is 0 Å². The van der Waals surface area contributed by atoms with Crippen LogP contribution in [0.15, 0.2) is 229 Å². The Balaban J connectivity index is 1.14. The number of hydrogen-bond donors (Lipinski definition) is 0. The molecule has 0 spiro atoms. The SMILES string of the molecule is [2H]c1c([2H])c(N(c2ccccc2-c2ccc3c(ccc4c5ccccc5oc34)c2)c2c([2H])c([2H])c(-c3cccc(-c4cccc5ccccc45)c3)c([2H])c2[2H])c([2H])c([2H])c1-c1ccccc1. The smallest absolute Gasteiger partial charge is 0.143 e. The van der Waals surface area contributed by atoms with E-state index in [9.17, 15) is 11.0 Å². The van der Waals surface area contributed by atoms with Crippen molar-refractivity contribution in [1.82, 2.24) is 0 Å². The van der Waals surface area contributed by atoms with E-state index in [1.165, 1.54) is 4.90 Å². The molecule has 11 aromatic rings. The van der Waals surface area contributed by atoms with Gasteiger partial charge in [-0.25, -0.2) is 0 Å². The van der Waals surface area contributed by atoms with Gasteiger partial charge in [-0.05, 0) is 116 Å². The predicted octanol–water partition coefficient (Wildman–Crippen LogP) is 16.0. The number of rotatable bonds is 7. The van der Waals surface area contributed by atoms with E-state index in [0.717, 1.165) is 60.2 Å². The van der Waals surface area contributed by atoms with Gasteiger partial charge in [-0.15, -0.1) is 0 Å². The molecule has 0 bridgehead atoms. The van der Waals surface area contributed by atoms with Crippen LogP contribution in [0.25, 0.3) is 88.0 Å². The second-order valence-electron chi connectivity index (χ2n) is 14.2. The van der Waals surface area contributed by atoms with Gasteiger partial charge in [0, 0.05) is 33.1 Å². The normalized spacial score (nSPS) is 13.4. The summed E-state index contributed by atoms with van der Waals surface area (Å²) in [5.74, 6) is 0. The number of furan rings is 1. The Morgan fingerprint density at radius 2 is 0.931 bits per heavy atom. The molecule has 11 rings (SSSR count). The molecule has 0 saturated carbocycles. The van der Waals surface area contributed by atoms with Crippen LogP contribution in [0.1, 0.15) is 11.0 Å². The van der Waals surface area contributed by atoms with Crippen LogP contribution in [-0.4, -0.2) is 0 Å². The number of hydrogen-bond acceptors (Lipinski definition) is 2. The average molecular weight is 748 g/mol. The Kier molecular flexibility index (Phi) is 6.38. The zero-order chi connectivity index (χ0) is 45.4. The van der Waals surface area contributed by atoms with Gasteiger partial charge in [0.2, 0.25) is 0 Å². The Hall–Kier alpha value is -7.68. The van der Waals surface area contributed by atoms with Crippen LogP contribution in [0.4, 0.5) is 17.1 Å². The Labute approximate surface area is 348 Å². The molecule has 0 radical (unpaired) electrons. The van der Waals surface area contributed by atoms with E-state index in [0.29, 0.717) is 22.4 Å². The molecule has 0 N–H and O–H groups in total. The molecule has 2 nitrogen and oxygen atoms in total. The highest BCUT2D eigenvalue weighted by Crippen LogP contribution is 2.43. The molecule has 0 saturated heterocycles. The second kappa shape index (κ2) is 14.1. The Morgan fingerprint density at radius 3 is 1.76 bits per heavy atom. The minimum atomic E-state index is -0.411. The first-order valence-corrected chi connectivity index (χ1v) is 19.2. The van der Waals surface area contributed by atoms with E-state index < -0.39 is 24.2 Å². The van der Waals surface area contributed by atoms with Crippen molar-refractivity contribution in [3.8, 4) is 44.5 Å². The monoisotopic (exact) mass is 747 g/mol. The van der Waals surface area contributed by atoms with Crippen molar-refractivity contribution < 1.29 is 15.4 Å². The van der Waals surface area contributed by atoms with Crippen molar-refractivity contribution in [2.75, 3.05) is 4.90 Å². The van der Waals surface area contributed by atoms with Crippen LogP contribution >= 0.6 is 0 Å². The highest BCUT2D eigenvalue weighted by molar-refractivity contribution is 6.15. The van der Waals surface area contributed by atoms with Gasteiger partial charge < -0.3 is 9.32 Å². The van der Waals surface area contributed by atoms with Crippen molar-refractivity contribution >= 4 is 60.5 Å². The van der Waals surface area contributed by atoms with Crippen LogP contribution in [0, 0.1) is 0 Å². The van der Waals surface area contributed by atoms with Gasteiger partial charge in [-0.1, -0.05) is 164 Å². The molecular formula is C56H37NO. The number of nitrogens with zero attached hydrogens (tertiary/aromatic N) is 1. The number of anilines is 3. The fourth-order valence-electron chi connectivity index (χ4n) is 7.99. The molecular weight excluding hydrogens is 703 g/mol. The summed E-state index contributed by atoms with van der Waals surface area (Å²) in [7, 11) is 0. The first-order valence-electron chi connectivity index (χ1n) is 23.2. The quantitative estimate of drug-likeness (QED) is 0.161. The van der Waals surface area contributed by atoms with Crippen LogP contribution < -0.4 is 4.90 Å². The van der Waals surface area contributed by atoms with E-state index in [-0.39, 0.29) is 46.7 Å². The largest absolute Gasteiger partial charge is 0.455 e. The summed E-state index contributed by atoms with van der Waals surface area (Å²) >= 11 is 0. The number of benzene rings is 10. The zero-order valence-electron chi connectivity index (χ0n) is 39.1. The Bertz CT molecular complexity index is 3710. The van der Waals surface area contributed by atoms with Crippen LogP contribution in [0.3, 0.4) is 0 Å². The van der Waals surface area contributed by atoms with Gasteiger partial charge in [0.05, 0.1) is 16.7 Å². The van der Waals surface area contributed by atoms with Gasteiger partial charge in [-0.3, -0.25) is 0 Å². The number of para-hydroxylation sites is 2. The molecule has 0 fully saturated rings. The molecule has 0 atom stereocenters. The molecule has 0 aliphatic heterocycles. The third-order valence-electron chi connectivity index (χ3n) is 10.8. The highest BCUT2D eigenvalue weighted by Gasteiger charge is 2.19. The standard InChI is InChI=1S/C56H37NO/c1-2-12-38(13-3-1)39-24-30-46(31-25-39)57(47-32-26-40(27-33-47)42-16-10-17-43(36-42)49-21-11-15-41-14-4-5-18-48(41)49)54-22-8-6-19-50(54)44-28-34-51-45(37-44)29-35-53-52-20-7-9-23-55(52)58-56(51)53/h1-37H/i24D,25D,26D,27D,30D,31D,32D,33D.